The Labute approximate surface area is 170 Å². The summed E-state index contributed by atoms with van der Waals surface area (Å²) in [6.45, 7) is 4.08. The van der Waals surface area contributed by atoms with E-state index in [4.69, 9.17) is 23.2 Å². The largest absolute Gasteiger partial charge is 0.332 e. The Hall–Kier alpha value is -1.56. The number of carbonyl (C=O) groups excluding carboxylic acids is 2. The Balaban J connectivity index is 2.01. The van der Waals surface area contributed by atoms with Gasteiger partial charge in [-0.05, 0) is 49.7 Å². The van der Waals surface area contributed by atoms with Crippen molar-refractivity contribution in [2.75, 3.05) is 11.4 Å². The fourth-order valence-electron chi connectivity index (χ4n) is 3.33. The van der Waals surface area contributed by atoms with Crippen LogP contribution < -0.4 is 4.90 Å². The van der Waals surface area contributed by atoms with Crippen molar-refractivity contribution in [1.82, 2.24) is 4.90 Å². The second-order valence-corrected chi connectivity index (χ2v) is 8.16. The molecule has 0 bridgehead atoms. The van der Waals surface area contributed by atoms with E-state index < -0.39 is 5.54 Å². The number of carbonyl (C=O) groups is 2. The summed E-state index contributed by atoms with van der Waals surface area (Å²) in [4.78, 5) is 29.0. The highest BCUT2D eigenvalue weighted by molar-refractivity contribution is 9.10. The first kappa shape index (κ1) is 19.2. The lowest BCUT2D eigenvalue weighted by Crippen LogP contribution is -2.48. The van der Waals surface area contributed by atoms with E-state index in [-0.39, 0.29) is 11.9 Å². The lowest BCUT2D eigenvalue weighted by Gasteiger charge is -2.30. The number of hydrogen-bond donors (Lipinski definition) is 0. The molecular formula is C19H17BrCl2N2O2. The van der Waals surface area contributed by atoms with Crippen LogP contribution in [-0.2, 0) is 11.2 Å². The van der Waals surface area contributed by atoms with Crippen LogP contribution in [0.5, 0.6) is 0 Å². The molecular weight excluding hydrogens is 439 g/mol. The zero-order valence-corrected chi connectivity index (χ0v) is 17.4. The third-order valence-electron chi connectivity index (χ3n) is 4.57. The standard InChI is InChI=1S/C19H17BrCl2N2O2/c1-3-23-18(26)24(16-9-14(21)8-15(22)10-16)17(25)19(23,2)11-12-4-6-13(20)7-5-12/h4-10H,3,11H2,1-2H3. The number of likely N-dealkylation sites (N-methyl/N-ethyl adjacent to an activating group) is 1. The topological polar surface area (TPSA) is 40.6 Å². The van der Waals surface area contributed by atoms with Crippen molar-refractivity contribution in [2.24, 2.45) is 0 Å². The van der Waals surface area contributed by atoms with Crippen LogP contribution in [0.15, 0.2) is 46.9 Å². The van der Waals surface area contributed by atoms with Crippen molar-refractivity contribution in [3.05, 3.63) is 62.5 Å². The van der Waals surface area contributed by atoms with Gasteiger partial charge in [0.05, 0.1) is 5.69 Å². The normalized spacial score (nSPS) is 20.2. The summed E-state index contributed by atoms with van der Waals surface area (Å²) < 4.78 is 0.961. The number of benzene rings is 2. The molecule has 1 aliphatic heterocycles. The van der Waals surface area contributed by atoms with Crippen LogP contribution in [0.25, 0.3) is 0 Å². The summed E-state index contributed by atoms with van der Waals surface area (Å²) in [7, 11) is 0. The first-order valence-corrected chi connectivity index (χ1v) is 9.68. The molecule has 1 atom stereocenters. The van der Waals surface area contributed by atoms with E-state index in [9.17, 15) is 9.59 Å². The number of urea groups is 1. The number of imide groups is 1. The smallest absolute Gasteiger partial charge is 0.309 e. The van der Waals surface area contributed by atoms with Crippen LogP contribution in [-0.4, -0.2) is 28.9 Å². The summed E-state index contributed by atoms with van der Waals surface area (Å²) >= 11 is 15.5. The molecule has 0 saturated carbocycles. The van der Waals surface area contributed by atoms with Crippen molar-refractivity contribution in [1.29, 1.82) is 0 Å². The Morgan fingerprint density at radius 1 is 1.04 bits per heavy atom. The maximum absolute atomic E-state index is 13.3. The maximum atomic E-state index is 13.3. The van der Waals surface area contributed by atoms with Crippen molar-refractivity contribution >= 4 is 56.8 Å². The maximum Gasteiger partial charge on any atom is 0.332 e. The van der Waals surface area contributed by atoms with Crippen LogP contribution in [0.3, 0.4) is 0 Å². The van der Waals surface area contributed by atoms with Gasteiger partial charge in [0.25, 0.3) is 5.91 Å². The molecule has 2 aromatic rings. The van der Waals surface area contributed by atoms with Crippen molar-refractivity contribution < 1.29 is 9.59 Å². The van der Waals surface area contributed by atoms with Gasteiger partial charge < -0.3 is 4.90 Å². The molecule has 3 rings (SSSR count). The summed E-state index contributed by atoms with van der Waals surface area (Å²) in [5.74, 6) is -0.286. The molecule has 1 saturated heterocycles. The van der Waals surface area contributed by atoms with E-state index >= 15 is 0 Å². The minimum absolute atomic E-state index is 0.286. The Kier molecular flexibility index (Phi) is 5.33. The number of rotatable bonds is 4. The van der Waals surface area contributed by atoms with Crippen LogP contribution in [0.1, 0.15) is 19.4 Å². The number of nitrogens with zero attached hydrogens (tertiary/aromatic N) is 2. The third-order valence-corrected chi connectivity index (χ3v) is 5.53. The number of halogens is 3. The second-order valence-electron chi connectivity index (χ2n) is 6.37. The highest BCUT2D eigenvalue weighted by atomic mass is 79.9. The molecule has 1 heterocycles. The van der Waals surface area contributed by atoms with E-state index in [1.807, 2.05) is 31.2 Å². The molecule has 1 aliphatic rings. The van der Waals surface area contributed by atoms with Gasteiger partial charge in [0.1, 0.15) is 5.54 Å². The zero-order chi connectivity index (χ0) is 19.1. The predicted octanol–water partition coefficient (Wildman–Crippen LogP) is 5.55. The number of hydrogen-bond acceptors (Lipinski definition) is 2. The third kappa shape index (κ3) is 3.36. The SMILES string of the molecule is CCN1C(=O)N(c2cc(Cl)cc(Cl)c2)C(=O)C1(C)Cc1ccc(Br)cc1. The van der Waals surface area contributed by atoms with Gasteiger partial charge in [0.15, 0.2) is 0 Å². The van der Waals surface area contributed by atoms with Gasteiger partial charge >= 0.3 is 6.03 Å². The van der Waals surface area contributed by atoms with E-state index in [2.05, 4.69) is 15.9 Å². The number of amides is 3. The van der Waals surface area contributed by atoms with Gasteiger partial charge in [-0.1, -0.05) is 51.3 Å². The fourth-order valence-corrected chi connectivity index (χ4v) is 4.10. The molecule has 0 N–H and O–H groups in total. The van der Waals surface area contributed by atoms with Crippen molar-refractivity contribution in [2.45, 2.75) is 25.8 Å². The summed E-state index contributed by atoms with van der Waals surface area (Å²) in [6, 6.07) is 12.1. The molecule has 2 aromatic carbocycles. The van der Waals surface area contributed by atoms with E-state index in [1.165, 1.54) is 4.90 Å². The number of anilines is 1. The Bertz CT molecular complexity index is 852. The highest BCUT2D eigenvalue weighted by Gasteiger charge is 2.54. The van der Waals surface area contributed by atoms with Gasteiger partial charge in [0.2, 0.25) is 0 Å². The van der Waals surface area contributed by atoms with Crippen LogP contribution in [0, 0.1) is 0 Å². The van der Waals surface area contributed by atoms with Gasteiger partial charge in [-0.15, -0.1) is 0 Å². The zero-order valence-electron chi connectivity index (χ0n) is 14.3. The molecule has 136 valence electrons. The minimum atomic E-state index is -0.978. The molecule has 0 radical (unpaired) electrons. The van der Waals surface area contributed by atoms with E-state index in [0.29, 0.717) is 28.7 Å². The molecule has 26 heavy (non-hydrogen) atoms. The van der Waals surface area contributed by atoms with Gasteiger partial charge in [0, 0.05) is 27.5 Å². The molecule has 0 spiro atoms. The minimum Gasteiger partial charge on any atom is -0.309 e. The molecule has 0 aliphatic carbocycles. The lowest BCUT2D eigenvalue weighted by molar-refractivity contribution is -0.124. The van der Waals surface area contributed by atoms with E-state index in [1.54, 1.807) is 30.0 Å². The molecule has 1 unspecified atom stereocenters. The Morgan fingerprint density at radius 2 is 1.62 bits per heavy atom. The molecule has 3 amide bonds. The fraction of sp³-hybridized carbons (Fsp3) is 0.263. The average Bonchev–Trinajstić information content (AvgIpc) is 2.75. The summed E-state index contributed by atoms with van der Waals surface area (Å²) in [5, 5.41) is 0.746. The van der Waals surface area contributed by atoms with E-state index in [0.717, 1.165) is 10.0 Å². The van der Waals surface area contributed by atoms with Crippen molar-refractivity contribution in [3.8, 4) is 0 Å². The molecule has 7 heteroatoms. The summed E-state index contributed by atoms with van der Waals surface area (Å²) in [5.41, 5.74) is 0.380. The van der Waals surface area contributed by atoms with Crippen LogP contribution in [0.2, 0.25) is 10.0 Å². The summed E-state index contributed by atoms with van der Waals surface area (Å²) in [6.07, 6.45) is 0.420. The Morgan fingerprint density at radius 3 is 2.15 bits per heavy atom. The van der Waals surface area contributed by atoms with Gasteiger partial charge in [-0.25, -0.2) is 9.69 Å². The first-order valence-electron chi connectivity index (χ1n) is 8.13. The average molecular weight is 456 g/mol. The van der Waals surface area contributed by atoms with Crippen LogP contribution >= 0.6 is 39.1 Å². The molecule has 1 fully saturated rings. The molecule has 4 nitrogen and oxygen atoms in total. The van der Waals surface area contributed by atoms with Gasteiger partial charge in [-0.3, -0.25) is 4.79 Å². The predicted molar refractivity (Wildman–Crippen MR) is 108 cm³/mol. The quantitative estimate of drug-likeness (QED) is 0.567. The second kappa shape index (κ2) is 7.22. The molecule has 0 aromatic heterocycles. The van der Waals surface area contributed by atoms with Gasteiger partial charge in [-0.2, -0.15) is 0 Å². The monoisotopic (exact) mass is 454 g/mol. The highest BCUT2D eigenvalue weighted by Crippen LogP contribution is 2.36. The lowest BCUT2D eigenvalue weighted by atomic mass is 9.91. The van der Waals surface area contributed by atoms with Crippen molar-refractivity contribution in [3.63, 3.8) is 0 Å². The van der Waals surface area contributed by atoms with Crippen LogP contribution in [0.4, 0.5) is 10.5 Å². The first-order chi connectivity index (χ1) is 12.3.